The molecule has 176 valence electrons. The van der Waals surface area contributed by atoms with Crippen LogP contribution in [0.1, 0.15) is 39.5 Å². The summed E-state index contributed by atoms with van der Waals surface area (Å²) in [5, 5.41) is 24.6. The Kier molecular flexibility index (Phi) is 7.28. The molecule has 1 aliphatic rings. The Morgan fingerprint density at radius 3 is 2.64 bits per heavy atom. The highest BCUT2D eigenvalue weighted by Gasteiger charge is 2.21. The number of nitrogens with one attached hydrogen (secondary N) is 1. The molecule has 11 nitrogen and oxygen atoms in total. The fourth-order valence-electron chi connectivity index (χ4n) is 3.73. The Bertz CT molecular complexity index is 1140. The van der Waals surface area contributed by atoms with E-state index >= 15 is 0 Å². The number of aryl methyl sites for hydroxylation is 2. The van der Waals surface area contributed by atoms with Crippen molar-refractivity contribution < 1.29 is 9.15 Å². The molecule has 0 bridgehead atoms. The van der Waals surface area contributed by atoms with Gasteiger partial charge in [-0.25, -0.2) is 9.67 Å². The number of hydrogen-bond acceptors (Lipinski definition) is 9. The van der Waals surface area contributed by atoms with Crippen LogP contribution in [-0.2, 0) is 17.8 Å². The SMILES string of the molecule is CC(C)Cn1ccnn1.CCn1ncc2c(NC3CCOCC3)c(-c3nnc(C)o3)cnc21. The van der Waals surface area contributed by atoms with Gasteiger partial charge in [-0.05, 0) is 25.7 Å². The van der Waals surface area contributed by atoms with Gasteiger partial charge in [0.2, 0.25) is 5.89 Å². The number of ether oxygens (including phenoxy) is 1. The summed E-state index contributed by atoms with van der Waals surface area (Å²) in [6, 6.07) is 0.345. The number of pyridine rings is 1. The summed E-state index contributed by atoms with van der Waals surface area (Å²) in [6.07, 6.45) is 9.13. The summed E-state index contributed by atoms with van der Waals surface area (Å²) in [6.45, 7) is 11.4. The van der Waals surface area contributed by atoms with Crippen LogP contribution >= 0.6 is 0 Å². The largest absolute Gasteiger partial charge is 0.421 e. The highest BCUT2D eigenvalue weighted by Crippen LogP contribution is 2.34. The molecule has 0 atom stereocenters. The lowest BCUT2D eigenvalue weighted by Crippen LogP contribution is -2.28. The fourth-order valence-corrected chi connectivity index (χ4v) is 3.73. The van der Waals surface area contributed by atoms with Crippen LogP contribution in [0.2, 0.25) is 0 Å². The van der Waals surface area contributed by atoms with Gasteiger partial charge in [-0.2, -0.15) is 5.10 Å². The second-order valence-corrected chi connectivity index (χ2v) is 8.42. The van der Waals surface area contributed by atoms with E-state index in [0.717, 1.165) is 61.4 Å². The van der Waals surface area contributed by atoms with Gasteiger partial charge in [0.15, 0.2) is 5.65 Å². The van der Waals surface area contributed by atoms with E-state index in [4.69, 9.17) is 9.15 Å². The van der Waals surface area contributed by atoms with Crippen molar-refractivity contribution in [2.45, 2.75) is 59.7 Å². The number of aromatic nitrogens is 8. The number of nitrogens with zero attached hydrogens (tertiary/aromatic N) is 8. The van der Waals surface area contributed by atoms with Crippen LogP contribution in [0.5, 0.6) is 0 Å². The molecule has 4 aromatic rings. The average molecular weight is 454 g/mol. The maximum absolute atomic E-state index is 5.63. The monoisotopic (exact) mass is 453 g/mol. The Labute approximate surface area is 192 Å². The Hall–Kier alpha value is -3.34. The highest BCUT2D eigenvalue weighted by atomic mass is 16.5. The van der Waals surface area contributed by atoms with E-state index in [1.807, 2.05) is 21.8 Å². The van der Waals surface area contributed by atoms with E-state index in [2.05, 4.69) is 56.7 Å². The van der Waals surface area contributed by atoms with Crippen molar-refractivity contribution in [3.8, 4) is 11.5 Å². The Morgan fingerprint density at radius 1 is 1.18 bits per heavy atom. The van der Waals surface area contributed by atoms with Crippen LogP contribution in [-0.4, -0.2) is 59.2 Å². The third-order valence-electron chi connectivity index (χ3n) is 5.32. The summed E-state index contributed by atoms with van der Waals surface area (Å²) >= 11 is 0. The second-order valence-electron chi connectivity index (χ2n) is 8.42. The molecule has 0 radical (unpaired) electrons. The first-order chi connectivity index (χ1) is 16.0. The smallest absolute Gasteiger partial charge is 0.251 e. The van der Waals surface area contributed by atoms with Gasteiger partial charge in [-0.1, -0.05) is 19.1 Å². The molecule has 0 spiro atoms. The van der Waals surface area contributed by atoms with Crippen LogP contribution in [0.25, 0.3) is 22.5 Å². The van der Waals surface area contributed by atoms with Crippen molar-refractivity contribution >= 4 is 16.7 Å². The molecule has 1 N–H and O–H groups in total. The molecule has 1 aliphatic heterocycles. The summed E-state index contributed by atoms with van der Waals surface area (Å²) in [5.41, 5.74) is 2.62. The quantitative estimate of drug-likeness (QED) is 0.468. The average Bonchev–Trinajstić information content (AvgIpc) is 3.56. The van der Waals surface area contributed by atoms with Crippen molar-refractivity contribution in [3.05, 3.63) is 30.7 Å². The third-order valence-corrected chi connectivity index (χ3v) is 5.32. The summed E-state index contributed by atoms with van der Waals surface area (Å²) < 4.78 is 14.8. The lowest BCUT2D eigenvalue weighted by atomic mass is 10.1. The van der Waals surface area contributed by atoms with E-state index in [9.17, 15) is 0 Å². The zero-order valence-corrected chi connectivity index (χ0v) is 19.6. The molecule has 5 heterocycles. The first-order valence-electron chi connectivity index (χ1n) is 11.4. The minimum atomic E-state index is 0.345. The number of fused-ring (bicyclic) bond motifs is 1. The van der Waals surface area contributed by atoms with Gasteiger partial charge in [0.25, 0.3) is 5.89 Å². The molecule has 5 rings (SSSR count). The molecule has 0 amide bonds. The van der Waals surface area contributed by atoms with Crippen molar-refractivity contribution in [1.29, 1.82) is 0 Å². The highest BCUT2D eigenvalue weighted by molar-refractivity contribution is 5.96. The molecule has 1 fully saturated rings. The van der Waals surface area contributed by atoms with E-state index in [0.29, 0.717) is 23.7 Å². The van der Waals surface area contributed by atoms with Crippen molar-refractivity contribution in [2.24, 2.45) is 5.92 Å². The Balaban J connectivity index is 0.000000243. The lowest BCUT2D eigenvalue weighted by molar-refractivity contribution is 0.0905. The summed E-state index contributed by atoms with van der Waals surface area (Å²) in [5.74, 6) is 1.65. The lowest BCUT2D eigenvalue weighted by Gasteiger charge is -2.25. The maximum atomic E-state index is 5.63. The molecular formula is C22H31N9O2. The summed E-state index contributed by atoms with van der Waals surface area (Å²) in [4.78, 5) is 4.56. The zero-order valence-electron chi connectivity index (χ0n) is 19.6. The molecule has 0 aliphatic carbocycles. The van der Waals surface area contributed by atoms with Crippen LogP contribution < -0.4 is 5.32 Å². The first kappa shape index (κ1) is 22.8. The predicted molar refractivity (Wildman–Crippen MR) is 124 cm³/mol. The van der Waals surface area contributed by atoms with Crippen LogP contribution in [0.4, 0.5) is 5.69 Å². The van der Waals surface area contributed by atoms with Gasteiger partial charge >= 0.3 is 0 Å². The molecule has 33 heavy (non-hydrogen) atoms. The number of rotatable bonds is 6. The van der Waals surface area contributed by atoms with Crippen molar-refractivity contribution in [3.63, 3.8) is 0 Å². The molecule has 0 unspecified atom stereocenters. The molecule has 4 aromatic heterocycles. The van der Waals surface area contributed by atoms with Gasteiger partial charge in [0.1, 0.15) is 0 Å². The van der Waals surface area contributed by atoms with E-state index in [1.165, 1.54) is 0 Å². The fraction of sp³-hybridized carbons (Fsp3) is 0.545. The van der Waals surface area contributed by atoms with Gasteiger partial charge in [-0.15, -0.1) is 15.3 Å². The van der Waals surface area contributed by atoms with Crippen LogP contribution in [0.15, 0.2) is 29.2 Å². The normalized spacial score (nSPS) is 14.5. The molecule has 0 aromatic carbocycles. The molecule has 11 heteroatoms. The third kappa shape index (κ3) is 5.54. The standard InChI is InChI=1S/C16H20N6O2.C6H11N3/c1-3-22-15-12(9-18-22)14(19-11-4-6-23-7-5-11)13(8-17-15)16-21-20-10(2)24-16;1-6(2)5-9-4-3-7-8-9/h8-9,11H,3-7H2,1-2H3,(H,17,19);3-4,6H,5H2,1-2H3. The second kappa shape index (κ2) is 10.5. The first-order valence-corrected chi connectivity index (χ1v) is 11.4. The Morgan fingerprint density at radius 2 is 2.00 bits per heavy atom. The van der Waals surface area contributed by atoms with Gasteiger partial charge < -0.3 is 14.5 Å². The molecule has 1 saturated heterocycles. The van der Waals surface area contributed by atoms with Crippen LogP contribution in [0.3, 0.4) is 0 Å². The van der Waals surface area contributed by atoms with Crippen LogP contribution in [0, 0.1) is 12.8 Å². The zero-order chi connectivity index (χ0) is 23.2. The number of anilines is 1. The van der Waals surface area contributed by atoms with Gasteiger partial charge in [0.05, 0.1) is 29.0 Å². The topological polar surface area (TPSA) is 122 Å². The van der Waals surface area contributed by atoms with E-state index in [1.54, 1.807) is 19.3 Å². The number of hydrogen-bond donors (Lipinski definition) is 1. The minimum absolute atomic E-state index is 0.345. The van der Waals surface area contributed by atoms with Gasteiger partial charge in [-0.3, -0.25) is 4.68 Å². The molecule has 0 saturated carbocycles. The summed E-state index contributed by atoms with van der Waals surface area (Å²) in [7, 11) is 0. The maximum Gasteiger partial charge on any atom is 0.251 e. The predicted octanol–water partition coefficient (Wildman–Crippen LogP) is 3.33. The minimum Gasteiger partial charge on any atom is -0.421 e. The van der Waals surface area contributed by atoms with Gasteiger partial charge in [0, 0.05) is 51.7 Å². The van der Waals surface area contributed by atoms with E-state index in [-0.39, 0.29) is 0 Å². The van der Waals surface area contributed by atoms with Crippen molar-refractivity contribution in [1.82, 2.24) is 40.0 Å². The van der Waals surface area contributed by atoms with E-state index < -0.39 is 0 Å². The van der Waals surface area contributed by atoms with Crippen molar-refractivity contribution in [2.75, 3.05) is 18.5 Å². The molecular weight excluding hydrogens is 422 g/mol.